The van der Waals surface area contributed by atoms with Crippen LogP contribution in [0.3, 0.4) is 0 Å². The molecular weight excluding hydrogens is 473 g/mol. The number of aliphatic hydroxyl groups excluding tert-OH is 1. The van der Waals surface area contributed by atoms with Gasteiger partial charge in [-0.2, -0.15) is 0 Å². The van der Waals surface area contributed by atoms with E-state index in [2.05, 4.69) is 0 Å². The van der Waals surface area contributed by atoms with Gasteiger partial charge >= 0.3 is 0 Å². The summed E-state index contributed by atoms with van der Waals surface area (Å²) in [6, 6.07) is 15.6. The molecular formula is C32H33F3O2. The van der Waals surface area contributed by atoms with Gasteiger partial charge in [-0.25, -0.2) is 13.2 Å². The fourth-order valence-corrected chi connectivity index (χ4v) is 5.41. The molecule has 1 heterocycles. The van der Waals surface area contributed by atoms with E-state index in [4.69, 9.17) is 4.74 Å². The fourth-order valence-electron chi connectivity index (χ4n) is 5.41. The summed E-state index contributed by atoms with van der Waals surface area (Å²) >= 11 is 0. The summed E-state index contributed by atoms with van der Waals surface area (Å²) in [6.45, 7) is 2.66. The van der Waals surface area contributed by atoms with Gasteiger partial charge in [-0.05, 0) is 72.3 Å². The Bertz CT molecular complexity index is 1260. The van der Waals surface area contributed by atoms with E-state index >= 15 is 8.78 Å². The lowest BCUT2D eigenvalue weighted by atomic mass is 9.78. The maximum absolute atomic E-state index is 15.2. The lowest BCUT2D eigenvalue weighted by molar-refractivity contribution is 0.166. The SMILES string of the molecule is CCCC(O)c1ccc(-c2ccc(C3CCC(/C=C/c4ccc(C5CO5)cc4F)CC3)c(F)c2F)cc1. The van der Waals surface area contributed by atoms with Crippen molar-refractivity contribution in [3.05, 3.63) is 100 Å². The van der Waals surface area contributed by atoms with E-state index in [-0.39, 0.29) is 29.3 Å². The Morgan fingerprint density at radius 3 is 2.32 bits per heavy atom. The Morgan fingerprint density at radius 1 is 0.946 bits per heavy atom. The molecule has 2 atom stereocenters. The van der Waals surface area contributed by atoms with Gasteiger partial charge in [0.25, 0.3) is 0 Å². The summed E-state index contributed by atoms with van der Waals surface area (Å²) in [6.07, 6.45) is 8.11. The van der Waals surface area contributed by atoms with E-state index in [0.717, 1.165) is 43.2 Å². The number of allylic oxidation sites excluding steroid dienone is 1. The predicted molar refractivity (Wildman–Crippen MR) is 140 cm³/mol. The van der Waals surface area contributed by atoms with Crippen LogP contribution >= 0.6 is 0 Å². The zero-order chi connectivity index (χ0) is 25.9. The summed E-state index contributed by atoms with van der Waals surface area (Å²) < 4.78 is 49.9. The van der Waals surface area contributed by atoms with Gasteiger partial charge in [-0.3, -0.25) is 0 Å². The second kappa shape index (κ2) is 11.2. The van der Waals surface area contributed by atoms with Gasteiger partial charge in [0.2, 0.25) is 0 Å². The molecule has 2 nitrogen and oxygen atoms in total. The second-order valence-corrected chi connectivity index (χ2v) is 10.3. The molecule has 3 aromatic carbocycles. The van der Waals surface area contributed by atoms with Crippen LogP contribution in [0.5, 0.6) is 0 Å². The zero-order valence-electron chi connectivity index (χ0n) is 21.1. The van der Waals surface area contributed by atoms with Crippen LogP contribution in [0.2, 0.25) is 0 Å². The van der Waals surface area contributed by atoms with Gasteiger partial charge in [0.05, 0.1) is 12.7 Å². The highest BCUT2D eigenvalue weighted by atomic mass is 19.2. The average molecular weight is 507 g/mol. The van der Waals surface area contributed by atoms with Gasteiger partial charge in [0, 0.05) is 11.1 Å². The van der Waals surface area contributed by atoms with E-state index in [1.54, 1.807) is 48.5 Å². The zero-order valence-corrected chi connectivity index (χ0v) is 21.1. The van der Waals surface area contributed by atoms with Crippen molar-refractivity contribution < 1.29 is 23.0 Å². The minimum atomic E-state index is -0.822. The first kappa shape index (κ1) is 25.7. The first-order chi connectivity index (χ1) is 17.9. The number of ether oxygens (including phenoxy) is 1. The van der Waals surface area contributed by atoms with Crippen molar-refractivity contribution in [2.45, 2.75) is 63.6 Å². The molecule has 0 bridgehead atoms. The van der Waals surface area contributed by atoms with Gasteiger partial charge in [0.1, 0.15) is 11.9 Å². The van der Waals surface area contributed by atoms with E-state index in [0.29, 0.717) is 29.7 Å². The quantitative estimate of drug-likeness (QED) is 0.310. The molecule has 0 amide bonds. The number of epoxide rings is 1. The van der Waals surface area contributed by atoms with Gasteiger partial charge in [-0.1, -0.05) is 74.0 Å². The number of hydrogen-bond acceptors (Lipinski definition) is 2. The van der Waals surface area contributed by atoms with Crippen molar-refractivity contribution in [2.24, 2.45) is 5.92 Å². The van der Waals surface area contributed by atoms with Crippen molar-refractivity contribution >= 4 is 6.08 Å². The number of aliphatic hydroxyl groups is 1. The molecule has 1 aliphatic heterocycles. The number of benzene rings is 3. The number of hydrogen-bond donors (Lipinski definition) is 1. The largest absolute Gasteiger partial charge is 0.388 e. The highest BCUT2D eigenvalue weighted by Crippen LogP contribution is 2.40. The molecule has 1 saturated heterocycles. The maximum Gasteiger partial charge on any atom is 0.166 e. The van der Waals surface area contributed by atoms with Crippen LogP contribution in [0.25, 0.3) is 17.2 Å². The molecule has 2 aliphatic rings. The molecule has 1 N–H and O–H groups in total. The molecule has 2 fully saturated rings. The predicted octanol–water partition coefficient (Wildman–Crippen LogP) is 8.66. The van der Waals surface area contributed by atoms with Gasteiger partial charge in [-0.15, -0.1) is 0 Å². The Balaban J connectivity index is 1.22. The minimum absolute atomic E-state index is 0.0330. The molecule has 0 spiro atoms. The van der Waals surface area contributed by atoms with Crippen LogP contribution in [-0.4, -0.2) is 11.7 Å². The van der Waals surface area contributed by atoms with Crippen LogP contribution in [0, 0.1) is 23.4 Å². The molecule has 2 unspecified atom stereocenters. The first-order valence-electron chi connectivity index (χ1n) is 13.3. The third kappa shape index (κ3) is 5.83. The lowest BCUT2D eigenvalue weighted by Gasteiger charge is -2.27. The minimum Gasteiger partial charge on any atom is -0.388 e. The Labute approximate surface area is 216 Å². The summed E-state index contributed by atoms with van der Waals surface area (Å²) in [5, 5.41) is 10.2. The summed E-state index contributed by atoms with van der Waals surface area (Å²) in [5.41, 5.74) is 3.47. The second-order valence-electron chi connectivity index (χ2n) is 10.3. The van der Waals surface area contributed by atoms with Crippen molar-refractivity contribution in [1.29, 1.82) is 0 Å². The standard InChI is InChI=1S/C32H33F3O2/c1-2-3-29(36)24-13-10-22(11-14-24)27-17-16-26(31(34)32(27)35)21-7-4-20(5-8-21)6-9-23-12-15-25(18-28(23)33)30-19-37-30/h6,9-18,20-21,29-30,36H,2-5,7-8,19H2,1H3/b9-6+. The highest BCUT2D eigenvalue weighted by molar-refractivity contribution is 5.65. The molecule has 3 aromatic rings. The average Bonchev–Trinajstić information content (AvgIpc) is 3.76. The topological polar surface area (TPSA) is 32.8 Å². The third-order valence-electron chi connectivity index (χ3n) is 7.77. The molecule has 194 valence electrons. The Hall–Kier alpha value is -2.89. The van der Waals surface area contributed by atoms with Crippen LogP contribution in [-0.2, 0) is 4.74 Å². The molecule has 0 radical (unpaired) electrons. The Kier molecular flexibility index (Phi) is 7.82. The summed E-state index contributed by atoms with van der Waals surface area (Å²) in [5.74, 6) is -1.59. The monoisotopic (exact) mass is 506 g/mol. The van der Waals surface area contributed by atoms with E-state index in [9.17, 15) is 9.50 Å². The maximum atomic E-state index is 15.2. The highest BCUT2D eigenvalue weighted by Gasteiger charge is 2.27. The van der Waals surface area contributed by atoms with Crippen LogP contribution < -0.4 is 0 Å². The normalized spacial score (nSPS) is 22.4. The number of rotatable bonds is 8. The van der Waals surface area contributed by atoms with Crippen LogP contribution in [0.4, 0.5) is 13.2 Å². The van der Waals surface area contributed by atoms with Crippen molar-refractivity contribution in [3.8, 4) is 11.1 Å². The van der Waals surface area contributed by atoms with Gasteiger partial charge < -0.3 is 9.84 Å². The molecule has 1 saturated carbocycles. The molecule has 37 heavy (non-hydrogen) atoms. The fraction of sp³-hybridized carbons (Fsp3) is 0.375. The van der Waals surface area contributed by atoms with E-state index < -0.39 is 17.7 Å². The summed E-state index contributed by atoms with van der Waals surface area (Å²) in [7, 11) is 0. The van der Waals surface area contributed by atoms with Crippen LogP contribution in [0.1, 0.15) is 85.8 Å². The third-order valence-corrected chi connectivity index (χ3v) is 7.77. The number of halogens is 3. The van der Waals surface area contributed by atoms with E-state index in [1.807, 2.05) is 25.1 Å². The molecule has 0 aromatic heterocycles. The van der Waals surface area contributed by atoms with Crippen molar-refractivity contribution in [1.82, 2.24) is 0 Å². The molecule has 5 rings (SSSR count). The van der Waals surface area contributed by atoms with Crippen LogP contribution in [0.15, 0.2) is 60.7 Å². The van der Waals surface area contributed by atoms with Crippen molar-refractivity contribution in [3.63, 3.8) is 0 Å². The summed E-state index contributed by atoms with van der Waals surface area (Å²) in [4.78, 5) is 0. The van der Waals surface area contributed by atoms with Gasteiger partial charge in [0.15, 0.2) is 11.6 Å². The molecule has 5 heteroatoms. The van der Waals surface area contributed by atoms with Crippen molar-refractivity contribution in [2.75, 3.05) is 6.61 Å². The first-order valence-corrected chi connectivity index (χ1v) is 13.3. The Morgan fingerprint density at radius 2 is 1.68 bits per heavy atom. The molecule has 1 aliphatic carbocycles. The smallest absolute Gasteiger partial charge is 0.166 e. The van der Waals surface area contributed by atoms with E-state index in [1.165, 1.54) is 0 Å². The lowest BCUT2D eigenvalue weighted by Crippen LogP contribution is -2.13.